The van der Waals surface area contributed by atoms with E-state index in [0.717, 1.165) is 17.7 Å². The molecule has 24 heavy (non-hydrogen) atoms. The molecule has 0 spiro atoms. The van der Waals surface area contributed by atoms with Crippen LogP contribution in [0.1, 0.15) is 17.5 Å². The van der Waals surface area contributed by atoms with E-state index in [9.17, 15) is 13.6 Å². The molecule has 4 nitrogen and oxygen atoms in total. The Morgan fingerprint density at radius 3 is 2.50 bits per heavy atom. The molecule has 0 aliphatic carbocycles. The highest BCUT2D eigenvalue weighted by atomic mass is 19.1. The Morgan fingerprint density at radius 2 is 1.83 bits per heavy atom. The number of nitrogens with two attached hydrogens (primary N) is 1. The van der Waals surface area contributed by atoms with E-state index in [1.165, 1.54) is 6.08 Å². The maximum absolute atomic E-state index is 13.5. The van der Waals surface area contributed by atoms with Crippen LogP contribution >= 0.6 is 0 Å². The number of nitrogen functional groups attached to an aromatic ring is 1. The number of ether oxygens (including phenoxy) is 1. The largest absolute Gasteiger partial charge is 0.445 e. The standard InChI is InChI=1S/C18H18F2N2O2/c19-16-10-14(21)11-17(20)15(16)8-4-5-9-22-18(23)24-12-13-6-2-1-3-7-13/h1-4,6-8,10-11H,5,9,12,21H2,(H,22,23). The van der Waals surface area contributed by atoms with Crippen molar-refractivity contribution < 1.29 is 18.3 Å². The van der Waals surface area contributed by atoms with Gasteiger partial charge in [-0.1, -0.05) is 42.5 Å². The molecule has 6 heteroatoms. The van der Waals surface area contributed by atoms with Gasteiger partial charge in [0, 0.05) is 17.8 Å². The van der Waals surface area contributed by atoms with Crippen LogP contribution in [0.25, 0.3) is 6.08 Å². The van der Waals surface area contributed by atoms with Gasteiger partial charge in [-0.3, -0.25) is 0 Å². The molecular weight excluding hydrogens is 314 g/mol. The molecule has 0 fully saturated rings. The van der Waals surface area contributed by atoms with Crippen LogP contribution in [0.15, 0.2) is 48.5 Å². The van der Waals surface area contributed by atoms with Gasteiger partial charge in [-0.05, 0) is 24.1 Å². The van der Waals surface area contributed by atoms with Gasteiger partial charge in [0.2, 0.25) is 0 Å². The third kappa shape index (κ3) is 5.39. The van der Waals surface area contributed by atoms with Crippen molar-refractivity contribution in [3.05, 3.63) is 71.3 Å². The van der Waals surface area contributed by atoms with Gasteiger partial charge >= 0.3 is 6.09 Å². The molecule has 0 bridgehead atoms. The Bertz CT molecular complexity index is 695. The van der Waals surface area contributed by atoms with Crippen molar-refractivity contribution in [1.82, 2.24) is 5.32 Å². The monoisotopic (exact) mass is 332 g/mol. The number of nitrogens with one attached hydrogen (secondary N) is 1. The summed E-state index contributed by atoms with van der Waals surface area (Å²) in [7, 11) is 0. The number of halogens is 2. The van der Waals surface area contributed by atoms with Gasteiger partial charge in [0.1, 0.15) is 18.2 Å². The maximum atomic E-state index is 13.5. The maximum Gasteiger partial charge on any atom is 0.407 e. The fraction of sp³-hybridized carbons (Fsp3) is 0.167. The summed E-state index contributed by atoms with van der Waals surface area (Å²) in [4.78, 5) is 11.5. The molecule has 0 saturated heterocycles. The number of amides is 1. The van der Waals surface area contributed by atoms with E-state index in [2.05, 4.69) is 5.32 Å². The second kappa shape index (κ2) is 8.67. The van der Waals surface area contributed by atoms with E-state index < -0.39 is 17.7 Å². The number of rotatable bonds is 6. The summed E-state index contributed by atoms with van der Waals surface area (Å²) in [6, 6.07) is 11.4. The average molecular weight is 332 g/mol. The Morgan fingerprint density at radius 1 is 1.17 bits per heavy atom. The first-order chi connectivity index (χ1) is 11.6. The van der Waals surface area contributed by atoms with E-state index in [0.29, 0.717) is 13.0 Å². The normalized spacial score (nSPS) is 10.8. The summed E-state index contributed by atoms with van der Waals surface area (Å²) in [5, 5.41) is 2.56. The predicted molar refractivity (Wildman–Crippen MR) is 89.1 cm³/mol. The number of benzene rings is 2. The second-order valence-electron chi connectivity index (χ2n) is 5.08. The molecule has 0 radical (unpaired) electrons. The lowest BCUT2D eigenvalue weighted by molar-refractivity contribution is 0.140. The zero-order chi connectivity index (χ0) is 17.4. The number of hydrogen-bond acceptors (Lipinski definition) is 3. The molecule has 2 rings (SSSR count). The SMILES string of the molecule is Nc1cc(F)c(C=CCCNC(=O)OCc2ccccc2)c(F)c1. The highest BCUT2D eigenvalue weighted by molar-refractivity contribution is 5.67. The quantitative estimate of drug-likeness (QED) is 0.623. The van der Waals surface area contributed by atoms with E-state index in [4.69, 9.17) is 10.5 Å². The van der Waals surface area contributed by atoms with E-state index in [-0.39, 0.29) is 17.9 Å². The zero-order valence-corrected chi connectivity index (χ0v) is 13.0. The van der Waals surface area contributed by atoms with Crippen molar-refractivity contribution in [2.45, 2.75) is 13.0 Å². The second-order valence-corrected chi connectivity index (χ2v) is 5.08. The van der Waals surface area contributed by atoms with Crippen molar-refractivity contribution in [1.29, 1.82) is 0 Å². The molecule has 0 aliphatic rings. The number of carbonyl (C=O) groups excluding carboxylic acids is 1. The van der Waals surface area contributed by atoms with Crippen LogP contribution in [0.5, 0.6) is 0 Å². The molecule has 2 aromatic rings. The Kier molecular flexibility index (Phi) is 6.31. The summed E-state index contributed by atoms with van der Waals surface area (Å²) >= 11 is 0. The lowest BCUT2D eigenvalue weighted by Crippen LogP contribution is -2.24. The fourth-order valence-electron chi connectivity index (χ4n) is 2.00. The highest BCUT2D eigenvalue weighted by Gasteiger charge is 2.07. The van der Waals surface area contributed by atoms with Crippen molar-refractivity contribution in [3.8, 4) is 0 Å². The Labute approximate surface area is 138 Å². The lowest BCUT2D eigenvalue weighted by Gasteiger charge is -2.06. The van der Waals surface area contributed by atoms with Crippen LogP contribution in [-0.4, -0.2) is 12.6 Å². The minimum absolute atomic E-state index is 0.0324. The molecule has 0 unspecified atom stereocenters. The van der Waals surface area contributed by atoms with Crippen LogP contribution in [0.3, 0.4) is 0 Å². The van der Waals surface area contributed by atoms with Gasteiger partial charge in [0.25, 0.3) is 0 Å². The van der Waals surface area contributed by atoms with Crippen LogP contribution in [0.2, 0.25) is 0 Å². The van der Waals surface area contributed by atoms with Crippen LogP contribution in [-0.2, 0) is 11.3 Å². The minimum atomic E-state index is -0.723. The number of alkyl carbamates (subject to hydrolysis) is 1. The average Bonchev–Trinajstić information content (AvgIpc) is 2.55. The summed E-state index contributed by atoms with van der Waals surface area (Å²) in [6.07, 6.45) is 2.75. The van der Waals surface area contributed by atoms with Gasteiger partial charge in [-0.2, -0.15) is 0 Å². The summed E-state index contributed by atoms with van der Waals surface area (Å²) in [5.74, 6) is -1.45. The van der Waals surface area contributed by atoms with Gasteiger partial charge in [0.05, 0.1) is 0 Å². The molecular formula is C18H18F2N2O2. The van der Waals surface area contributed by atoms with Crippen molar-refractivity contribution in [3.63, 3.8) is 0 Å². The van der Waals surface area contributed by atoms with E-state index in [1.54, 1.807) is 6.08 Å². The summed E-state index contributed by atoms with van der Waals surface area (Å²) < 4.78 is 32.1. The van der Waals surface area contributed by atoms with Gasteiger partial charge in [-0.15, -0.1) is 0 Å². The minimum Gasteiger partial charge on any atom is -0.445 e. The molecule has 0 atom stereocenters. The smallest absolute Gasteiger partial charge is 0.407 e. The fourth-order valence-corrected chi connectivity index (χ4v) is 2.00. The van der Waals surface area contributed by atoms with Crippen molar-refractivity contribution in [2.24, 2.45) is 0 Å². The first kappa shape index (κ1) is 17.5. The molecule has 3 N–H and O–H groups in total. The number of hydrogen-bond donors (Lipinski definition) is 2. The van der Waals surface area contributed by atoms with Gasteiger partial charge in [-0.25, -0.2) is 13.6 Å². The van der Waals surface area contributed by atoms with Crippen molar-refractivity contribution in [2.75, 3.05) is 12.3 Å². The van der Waals surface area contributed by atoms with E-state index in [1.807, 2.05) is 30.3 Å². The van der Waals surface area contributed by atoms with Gasteiger partial charge in [0.15, 0.2) is 0 Å². The summed E-state index contributed by atoms with van der Waals surface area (Å²) in [5.41, 5.74) is 6.11. The van der Waals surface area contributed by atoms with Crippen LogP contribution < -0.4 is 11.1 Å². The van der Waals surface area contributed by atoms with Crippen LogP contribution in [0, 0.1) is 11.6 Å². The van der Waals surface area contributed by atoms with Crippen LogP contribution in [0.4, 0.5) is 19.3 Å². The highest BCUT2D eigenvalue weighted by Crippen LogP contribution is 2.18. The topological polar surface area (TPSA) is 64.3 Å². The first-order valence-electron chi connectivity index (χ1n) is 7.42. The Hall–Kier alpha value is -2.89. The third-order valence-corrected chi connectivity index (χ3v) is 3.18. The van der Waals surface area contributed by atoms with E-state index >= 15 is 0 Å². The molecule has 2 aromatic carbocycles. The third-order valence-electron chi connectivity index (χ3n) is 3.18. The first-order valence-corrected chi connectivity index (χ1v) is 7.42. The molecule has 0 aliphatic heterocycles. The molecule has 0 saturated carbocycles. The lowest BCUT2D eigenvalue weighted by atomic mass is 10.1. The molecule has 0 heterocycles. The van der Waals surface area contributed by atoms with Gasteiger partial charge < -0.3 is 15.8 Å². The predicted octanol–water partition coefficient (Wildman–Crippen LogP) is 3.88. The number of anilines is 1. The molecule has 0 aromatic heterocycles. The van der Waals surface area contributed by atoms with Crippen molar-refractivity contribution >= 4 is 17.9 Å². The molecule has 1 amide bonds. The summed E-state index contributed by atoms with van der Waals surface area (Å²) in [6.45, 7) is 0.479. The molecule has 126 valence electrons. The zero-order valence-electron chi connectivity index (χ0n) is 13.0. The number of carbonyl (C=O) groups is 1. The Balaban J connectivity index is 1.72.